The van der Waals surface area contributed by atoms with Gasteiger partial charge in [0.25, 0.3) is 0 Å². The lowest BCUT2D eigenvalue weighted by molar-refractivity contribution is 1.07. The minimum atomic E-state index is 0.628. The molecule has 0 atom stereocenters. The molecule has 8 aromatic rings. The predicted molar refractivity (Wildman–Crippen MR) is 198 cm³/mol. The predicted octanol–water partition coefficient (Wildman–Crippen LogP) is 11.5. The third kappa shape index (κ3) is 5.08. The zero-order chi connectivity index (χ0) is 31.7. The smallest absolute Gasteiger partial charge is 0.165 e. The standard InChI is InChI=1S/C44H31N3/c1-3-4-19-33-29(2)24-26-34(32-25-27-39-37-22-12-11-20-35(37)36-21-13-14-23-38(36)40(39)28-32)41(33)44-46-42(30-15-7-5-8-16-30)45-43(47-44)31-17-9-6-10-18-31/h3-28H,1H2,2H3/b19-4-. The fourth-order valence-corrected chi connectivity index (χ4v) is 6.58. The van der Waals surface area contributed by atoms with Crippen molar-refractivity contribution in [3.8, 4) is 45.3 Å². The molecule has 0 aliphatic heterocycles. The van der Waals surface area contributed by atoms with Gasteiger partial charge in [0.1, 0.15) is 0 Å². The van der Waals surface area contributed by atoms with Crippen LogP contribution >= 0.6 is 0 Å². The number of nitrogens with zero attached hydrogens (tertiary/aromatic N) is 3. The Kier molecular flexibility index (Phi) is 7.20. The number of rotatable bonds is 6. The van der Waals surface area contributed by atoms with Gasteiger partial charge in [-0.3, -0.25) is 0 Å². The largest absolute Gasteiger partial charge is 0.208 e. The number of allylic oxidation sites excluding steroid dienone is 2. The lowest BCUT2D eigenvalue weighted by atomic mass is 9.88. The van der Waals surface area contributed by atoms with Crippen LogP contribution in [-0.4, -0.2) is 15.0 Å². The second-order valence-electron chi connectivity index (χ2n) is 11.7. The number of benzene rings is 7. The van der Waals surface area contributed by atoms with Gasteiger partial charge in [-0.25, -0.2) is 15.0 Å². The first-order valence-electron chi connectivity index (χ1n) is 15.8. The SMILES string of the molecule is C=C/C=C\c1c(C)ccc(-c2ccc3c4ccccc4c4ccccc4c3c2)c1-c1nc(-c2ccccc2)nc(-c2ccccc2)n1. The number of fused-ring (bicyclic) bond motifs is 6. The summed E-state index contributed by atoms with van der Waals surface area (Å²) in [7, 11) is 0. The zero-order valence-corrected chi connectivity index (χ0v) is 26.1. The van der Waals surface area contributed by atoms with Crippen LogP contribution in [0.4, 0.5) is 0 Å². The van der Waals surface area contributed by atoms with Crippen molar-refractivity contribution >= 4 is 38.4 Å². The van der Waals surface area contributed by atoms with Gasteiger partial charge in [0.2, 0.25) is 0 Å². The van der Waals surface area contributed by atoms with Crippen molar-refractivity contribution in [2.24, 2.45) is 0 Å². The summed E-state index contributed by atoms with van der Waals surface area (Å²) in [4.78, 5) is 15.3. The molecule has 0 radical (unpaired) electrons. The third-order valence-electron chi connectivity index (χ3n) is 8.84. The Balaban J connectivity index is 1.44. The number of aryl methyl sites for hydroxylation is 1. The van der Waals surface area contributed by atoms with Crippen LogP contribution in [0.2, 0.25) is 0 Å². The molecular formula is C44H31N3. The lowest BCUT2D eigenvalue weighted by Crippen LogP contribution is -2.03. The lowest BCUT2D eigenvalue weighted by Gasteiger charge is -2.18. The van der Waals surface area contributed by atoms with Crippen LogP contribution < -0.4 is 0 Å². The molecule has 0 fully saturated rings. The van der Waals surface area contributed by atoms with Crippen LogP contribution in [0, 0.1) is 6.92 Å². The second-order valence-corrected chi connectivity index (χ2v) is 11.7. The maximum absolute atomic E-state index is 5.17. The molecule has 1 aromatic heterocycles. The van der Waals surface area contributed by atoms with Crippen LogP contribution in [0.25, 0.3) is 83.7 Å². The van der Waals surface area contributed by atoms with Crippen LogP contribution in [0.3, 0.4) is 0 Å². The summed E-state index contributed by atoms with van der Waals surface area (Å²) in [6.07, 6.45) is 5.90. The van der Waals surface area contributed by atoms with E-state index in [1.165, 1.54) is 32.3 Å². The summed E-state index contributed by atoms with van der Waals surface area (Å²) in [5.74, 6) is 1.90. The van der Waals surface area contributed by atoms with Crippen molar-refractivity contribution in [2.75, 3.05) is 0 Å². The fourth-order valence-electron chi connectivity index (χ4n) is 6.58. The summed E-state index contributed by atoms with van der Waals surface area (Å²) in [5, 5.41) is 7.47. The Hall–Kier alpha value is -6.19. The van der Waals surface area contributed by atoms with Gasteiger partial charge >= 0.3 is 0 Å². The Morgan fingerprint density at radius 1 is 0.468 bits per heavy atom. The van der Waals surface area contributed by atoms with Gasteiger partial charge in [-0.2, -0.15) is 0 Å². The first-order chi connectivity index (χ1) is 23.2. The van der Waals surface area contributed by atoms with Gasteiger partial charge in [-0.15, -0.1) is 0 Å². The van der Waals surface area contributed by atoms with Crippen LogP contribution in [0.1, 0.15) is 11.1 Å². The minimum absolute atomic E-state index is 0.628. The highest BCUT2D eigenvalue weighted by molar-refractivity contribution is 6.25. The highest BCUT2D eigenvalue weighted by Crippen LogP contribution is 2.41. The van der Waals surface area contributed by atoms with E-state index in [-0.39, 0.29) is 0 Å². The summed E-state index contributed by atoms with van der Waals surface area (Å²) >= 11 is 0. The van der Waals surface area contributed by atoms with Gasteiger partial charge in [0.05, 0.1) is 0 Å². The van der Waals surface area contributed by atoms with Crippen molar-refractivity contribution in [1.82, 2.24) is 15.0 Å². The fraction of sp³-hybridized carbons (Fsp3) is 0.0227. The highest BCUT2D eigenvalue weighted by Gasteiger charge is 2.20. The summed E-state index contributed by atoms with van der Waals surface area (Å²) in [6.45, 7) is 6.09. The van der Waals surface area contributed by atoms with Crippen molar-refractivity contribution < 1.29 is 0 Å². The van der Waals surface area contributed by atoms with Gasteiger partial charge in [0, 0.05) is 16.7 Å². The molecule has 1 heterocycles. The maximum atomic E-state index is 5.17. The molecule has 0 aliphatic rings. The number of hydrogen-bond acceptors (Lipinski definition) is 3. The molecule has 0 N–H and O–H groups in total. The second kappa shape index (κ2) is 12.0. The van der Waals surface area contributed by atoms with Gasteiger partial charge in [-0.05, 0) is 67.6 Å². The van der Waals surface area contributed by atoms with E-state index in [1.807, 2.05) is 66.7 Å². The average Bonchev–Trinajstić information content (AvgIpc) is 3.14. The normalized spacial score (nSPS) is 11.5. The molecule has 0 aliphatic carbocycles. The first-order valence-corrected chi connectivity index (χ1v) is 15.8. The van der Waals surface area contributed by atoms with Crippen molar-refractivity contribution in [2.45, 2.75) is 6.92 Å². The Labute approximate surface area is 274 Å². The van der Waals surface area contributed by atoms with Gasteiger partial charge in [0.15, 0.2) is 17.5 Å². The molecule has 0 bridgehead atoms. The maximum Gasteiger partial charge on any atom is 0.165 e. The van der Waals surface area contributed by atoms with E-state index in [2.05, 4.69) is 98.4 Å². The summed E-state index contributed by atoms with van der Waals surface area (Å²) < 4.78 is 0. The van der Waals surface area contributed by atoms with E-state index in [4.69, 9.17) is 15.0 Å². The van der Waals surface area contributed by atoms with E-state index in [0.717, 1.165) is 38.9 Å². The number of aromatic nitrogens is 3. The molecule has 0 unspecified atom stereocenters. The molecule has 3 heteroatoms. The summed E-state index contributed by atoms with van der Waals surface area (Å²) in [5.41, 5.74) is 7.18. The van der Waals surface area contributed by atoms with E-state index in [9.17, 15) is 0 Å². The quantitative estimate of drug-likeness (QED) is 0.141. The topological polar surface area (TPSA) is 38.7 Å². The van der Waals surface area contributed by atoms with Crippen molar-refractivity contribution in [3.05, 3.63) is 169 Å². The molecule has 7 aromatic carbocycles. The van der Waals surface area contributed by atoms with E-state index >= 15 is 0 Å². The van der Waals surface area contributed by atoms with E-state index in [0.29, 0.717) is 17.5 Å². The van der Waals surface area contributed by atoms with Crippen LogP contribution in [0.15, 0.2) is 158 Å². The van der Waals surface area contributed by atoms with Crippen molar-refractivity contribution in [3.63, 3.8) is 0 Å². The molecule has 3 nitrogen and oxygen atoms in total. The highest BCUT2D eigenvalue weighted by atomic mass is 15.0. The van der Waals surface area contributed by atoms with Crippen LogP contribution in [-0.2, 0) is 0 Å². The van der Waals surface area contributed by atoms with E-state index in [1.54, 1.807) is 6.08 Å². The van der Waals surface area contributed by atoms with Gasteiger partial charge < -0.3 is 0 Å². The first kappa shape index (κ1) is 28.3. The molecule has 8 rings (SSSR count). The molecule has 222 valence electrons. The Morgan fingerprint density at radius 2 is 0.957 bits per heavy atom. The van der Waals surface area contributed by atoms with Crippen molar-refractivity contribution in [1.29, 1.82) is 0 Å². The monoisotopic (exact) mass is 601 g/mol. The Bertz CT molecular complexity index is 2390. The molecule has 0 saturated heterocycles. The molecular weight excluding hydrogens is 571 g/mol. The van der Waals surface area contributed by atoms with Gasteiger partial charge in [-0.1, -0.05) is 158 Å². The molecule has 0 amide bonds. The Morgan fingerprint density at radius 3 is 1.51 bits per heavy atom. The third-order valence-corrected chi connectivity index (χ3v) is 8.84. The number of hydrogen-bond donors (Lipinski definition) is 0. The molecule has 0 spiro atoms. The molecule has 47 heavy (non-hydrogen) atoms. The summed E-state index contributed by atoms with van der Waals surface area (Å²) in [6, 6.07) is 48.8. The average molecular weight is 602 g/mol. The zero-order valence-electron chi connectivity index (χ0n) is 26.1. The van der Waals surface area contributed by atoms with Crippen LogP contribution in [0.5, 0.6) is 0 Å². The minimum Gasteiger partial charge on any atom is -0.208 e. The molecule has 0 saturated carbocycles. The van der Waals surface area contributed by atoms with E-state index < -0.39 is 0 Å².